The minimum atomic E-state index is -0.909. The van der Waals surface area contributed by atoms with E-state index >= 15 is 0 Å². The Balaban J connectivity index is 1.47. The molecule has 35 heavy (non-hydrogen) atoms. The van der Waals surface area contributed by atoms with E-state index < -0.39 is 16.8 Å². The number of nitrogens with one attached hydrogen (secondary N) is 1. The maximum absolute atomic E-state index is 13.7. The molecule has 10 nitrogen and oxygen atoms in total. The average Bonchev–Trinajstić information content (AvgIpc) is 3.49. The van der Waals surface area contributed by atoms with E-state index in [-0.39, 0.29) is 24.0 Å². The van der Waals surface area contributed by atoms with Crippen molar-refractivity contribution in [1.82, 2.24) is 4.90 Å². The van der Waals surface area contributed by atoms with E-state index in [1.165, 1.54) is 6.07 Å². The zero-order valence-corrected chi connectivity index (χ0v) is 19.8. The fourth-order valence-electron chi connectivity index (χ4n) is 4.90. The van der Waals surface area contributed by atoms with E-state index in [9.17, 15) is 14.9 Å². The van der Waals surface area contributed by atoms with Gasteiger partial charge in [-0.15, -0.1) is 0 Å². The van der Waals surface area contributed by atoms with Crippen molar-refractivity contribution in [2.24, 2.45) is 0 Å². The molecule has 0 aliphatic carbocycles. The summed E-state index contributed by atoms with van der Waals surface area (Å²) in [6.45, 7) is 6.24. The van der Waals surface area contributed by atoms with E-state index in [0.717, 1.165) is 5.56 Å². The summed E-state index contributed by atoms with van der Waals surface area (Å²) in [6.07, 6.45) is 1.14. The first kappa shape index (κ1) is 23.5. The smallest absolute Gasteiger partial charge is 0.278 e. The van der Waals surface area contributed by atoms with Crippen molar-refractivity contribution >= 4 is 17.3 Å². The highest BCUT2D eigenvalue weighted by molar-refractivity contribution is 5.96. The van der Waals surface area contributed by atoms with Gasteiger partial charge in [-0.05, 0) is 29.7 Å². The van der Waals surface area contributed by atoms with Crippen LogP contribution in [0.2, 0.25) is 0 Å². The number of piperidine rings is 1. The first-order chi connectivity index (χ1) is 16.8. The Kier molecular flexibility index (Phi) is 6.35. The second-order valence-electron chi connectivity index (χ2n) is 9.33. The summed E-state index contributed by atoms with van der Waals surface area (Å²) in [5, 5.41) is 15.0. The third kappa shape index (κ3) is 4.69. The molecule has 186 valence electrons. The summed E-state index contributed by atoms with van der Waals surface area (Å²) in [7, 11) is 0. The number of carbonyl (C=O) groups is 1. The highest BCUT2D eigenvalue weighted by Crippen LogP contribution is 2.43. The maximum Gasteiger partial charge on any atom is 0.278 e. The third-order valence-electron chi connectivity index (χ3n) is 6.84. The first-order valence-corrected chi connectivity index (χ1v) is 11.9. The molecule has 3 heterocycles. The van der Waals surface area contributed by atoms with Crippen LogP contribution in [0.1, 0.15) is 49.8 Å². The van der Waals surface area contributed by atoms with E-state index in [1.54, 1.807) is 6.07 Å². The summed E-state index contributed by atoms with van der Waals surface area (Å²) < 4.78 is 22.5. The van der Waals surface area contributed by atoms with Crippen LogP contribution in [0.4, 0.5) is 11.4 Å². The molecule has 2 saturated heterocycles. The van der Waals surface area contributed by atoms with Crippen molar-refractivity contribution in [1.29, 1.82) is 0 Å². The van der Waals surface area contributed by atoms with Crippen LogP contribution in [0.3, 0.4) is 0 Å². The molecule has 1 N–H and O–H groups in total. The zero-order chi connectivity index (χ0) is 24.6. The van der Waals surface area contributed by atoms with Crippen LogP contribution >= 0.6 is 0 Å². The number of nitro benzene ring substituents is 1. The largest absolute Gasteiger partial charge is 0.454 e. The number of ether oxygens (including phenoxy) is 4. The number of amides is 1. The minimum absolute atomic E-state index is 0.0179. The Morgan fingerprint density at radius 1 is 1.06 bits per heavy atom. The van der Waals surface area contributed by atoms with Crippen LogP contribution in [-0.4, -0.2) is 54.6 Å². The number of rotatable bonds is 6. The third-order valence-corrected chi connectivity index (χ3v) is 6.84. The van der Waals surface area contributed by atoms with E-state index in [2.05, 4.69) is 19.2 Å². The van der Waals surface area contributed by atoms with Gasteiger partial charge in [-0.2, -0.15) is 0 Å². The normalized spacial score (nSPS) is 19.7. The summed E-state index contributed by atoms with van der Waals surface area (Å²) in [6, 6.07) is 9.63. The van der Waals surface area contributed by atoms with Crippen molar-refractivity contribution < 1.29 is 28.7 Å². The van der Waals surface area contributed by atoms with Gasteiger partial charge in [0.1, 0.15) is 6.04 Å². The highest BCUT2D eigenvalue weighted by atomic mass is 16.7. The number of hydrogen-bond acceptors (Lipinski definition) is 8. The Bertz CT molecular complexity index is 1100. The van der Waals surface area contributed by atoms with Crippen molar-refractivity contribution in [2.45, 2.75) is 44.4 Å². The maximum atomic E-state index is 13.7. The zero-order valence-electron chi connectivity index (χ0n) is 19.8. The minimum Gasteiger partial charge on any atom is -0.454 e. The molecule has 0 bridgehead atoms. The Morgan fingerprint density at radius 3 is 2.29 bits per heavy atom. The lowest BCUT2D eigenvalue weighted by molar-refractivity contribution is -0.386. The van der Waals surface area contributed by atoms with Crippen LogP contribution in [0.25, 0.3) is 0 Å². The topological polar surface area (TPSA) is 112 Å². The van der Waals surface area contributed by atoms with Crippen molar-refractivity contribution in [3.05, 3.63) is 57.6 Å². The predicted molar refractivity (Wildman–Crippen MR) is 127 cm³/mol. The van der Waals surface area contributed by atoms with Crippen molar-refractivity contribution in [2.75, 3.05) is 38.4 Å². The molecule has 1 spiro atoms. The molecule has 0 saturated carbocycles. The lowest BCUT2D eigenvalue weighted by Gasteiger charge is -2.40. The second kappa shape index (κ2) is 9.44. The molecular formula is C25H29N3O7. The monoisotopic (exact) mass is 483 g/mol. The number of hydrogen-bond donors (Lipinski definition) is 1. The number of nitrogens with zero attached hydrogens (tertiary/aromatic N) is 2. The number of fused-ring (bicyclic) bond motifs is 1. The van der Waals surface area contributed by atoms with Gasteiger partial charge in [0.15, 0.2) is 17.3 Å². The van der Waals surface area contributed by atoms with Gasteiger partial charge in [0.25, 0.3) is 5.69 Å². The molecule has 0 unspecified atom stereocenters. The standard InChI is InChI=1S/C25H29N3O7/c1-16(2)17-3-5-18(6-4-17)26-24(29)23(27-9-7-25(8-10-27)34-11-12-35-25)19-13-21-22(33-15-32-21)14-20(19)28(30)31/h3-6,13-14,16,23H,7-12,15H2,1-2H3,(H,26,29)/t23-/m1/s1. The van der Waals surface area contributed by atoms with E-state index in [0.29, 0.717) is 62.2 Å². The van der Waals surface area contributed by atoms with Gasteiger partial charge in [0.05, 0.1) is 29.8 Å². The van der Waals surface area contributed by atoms with Gasteiger partial charge in [0, 0.05) is 31.6 Å². The Labute approximate surface area is 203 Å². The van der Waals surface area contributed by atoms with Gasteiger partial charge < -0.3 is 24.3 Å². The fraction of sp³-hybridized carbons (Fsp3) is 0.480. The van der Waals surface area contributed by atoms with E-state index in [1.807, 2.05) is 29.2 Å². The van der Waals surface area contributed by atoms with Crippen LogP contribution in [-0.2, 0) is 14.3 Å². The first-order valence-electron chi connectivity index (χ1n) is 11.9. The summed E-state index contributed by atoms with van der Waals surface area (Å²) in [5.74, 6) is 0.0678. The number of anilines is 1. The highest BCUT2D eigenvalue weighted by Gasteiger charge is 2.44. The lowest BCUT2D eigenvalue weighted by atomic mass is 9.96. The van der Waals surface area contributed by atoms with Crippen LogP contribution in [0.15, 0.2) is 36.4 Å². The number of benzene rings is 2. The quantitative estimate of drug-likeness (QED) is 0.485. The van der Waals surface area contributed by atoms with Crippen molar-refractivity contribution in [3.63, 3.8) is 0 Å². The van der Waals surface area contributed by atoms with Gasteiger partial charge in [-0.3, -0.25) is 19.8 Å². The van der Waals surface area contributed by atoms with Gasteiger partial charge in [0.2, 0.25) is 12.7 Å². The van der Waals surface area contributed by atoms with E-state index in [4.69, 9.17) is 18.9 Å². The molecule has 3 aliphatic rings. The number of nitro groups is 1. The molecule has 2 aromatic carbocycles. The summed E-state index contributed by atoms with van der Waals surface area (Å²) in [4.78, 5) is 27.2. The molecular weight excluding hydrogens is 454 g/mol. The molecule has 5 rings (SSSR count). The lowest BCUT2D eigenvalue weighted by Crippen LogP contribution is -2.48. The van der Waals surface area contributed by atoms with Crippen LogP contribution in [0, 0.1) is 10.1 Å². The molecule has 2 aromatic rings. The molecule has 10 heteroatoms. The fourth-order valence-corrected chi connectivity index (χ4v) is 4.90. The summed E-state index contributed by atoms with van der Waals surface area (Å²) in [5.41, 5.74) is 1.87. The van der Waals surface area contributed by atoms with Gasteiger partial charge in [-0.1, -0.05) is 26.0 Å². The molecule has 0 radical (unpaired) electrons. The van der Waals surface area contributed by atoms with Crippen LogP contribution in [0.5, 0.6) is 11.5 Å². The summed E-state index contributed by atoms with van der Waals surface area (Å²) >= 11 is 0. The van der Waals surface area contributed by atoms with Crippen molar-refractivity contribution in [3.8, 4) is 11.5 Å². The molecule has 1 amide bonds. The second-order valence-corrected chi connectivity index (χ2v) is 9.33. The SMILES string of the molecule is CC(C)c1ccc(NC(=O)[C@@H](c2cc3c(cc2[N+](=O)[O-])OCO3)N2CCC3(CC2)OCCO3)cc1. The van der Waals surface area contributed by atoms with Gasteiger partial charge in [-0.25, -0.2) is 0 Å². The Hall–Kier alpha value is -3.21. The molecule has 1 atom stereocenters. The van der Waals surface area contributed by atoms with Crippen LogP contribution < -0.4 is 14.8 Å². The van der Waals surface area contributed by atoms with Gasteiger partial charge >= 0.3 is 0 Å². The Morgan fingerprint density at radius 2 is 1.69 bits per heavy atom. The number of likely N-dealkylation sites (tertiary alicyclic amines) is 1. The predicted octanol–water partition coefficient (Wildman–Crippen LogP) is 3.97. The molecule has 0 aromatic heterocycles. The molecule has 3 aliphatic heterocycles. The average molecular weight is 484 g/mol. The molecule has 2 fully saturated rings. The number of carbonyl (C=O) groups excluding carboxylic acids is 1.